The largest absolute Gasteiger partial charge is 0.392 e. The van der Waals surface area contributed by atoms with Crippen molar-refractivity contribution in [3.05, 3.63) is 0 Å². The van der Waals surface area contributed by atoms with E-state index in [-0.39, 0.29) is 11.6 Å². The van der Waals surface area contributed by atoms with E-state index in [0.29, 0.717) is 5.41 Å². The molecule has 1 spiro atoms. The average molecular weight is 183 g/mol. The number of nitrogens with zero attached hydrogens (tertiary/aromatic N) is 1. The fourth-order valence-corrected chi connectivity index (χ4v) is 2.43. The van der Waals surface area contributed by atoms with E-state index in [0.717, 1.165) is 0 Å². The second kappa shape index (κ2) is 2.71. The minimum Gasteiger partial charge on any atom is -0.392 e. The molecule has 1 saturated heterocycles. The first-order valence-corrected chi connectivity index (χ1v) is 5.39. The van der Waals surface area contributed by atoms with Gasteiger partial charge in [-0.3, -0.25) is 4.90 Å². The van der Waals surface area contributed by atoms with Gasteiger partial charge < -0.3 is 5.11 Å². The topological polar surface area (TPSA) is 23.5 Å². The van der Waals surface area contributed by atoms with Crippen molar-refractivity contribution in [1.82, 2.24) is 4.90 Å². The Morgan fingerprint density at radius 3 is 2.15 bits per heavy atom. The fourth-order valence-electron chi connectivity index (χ4n) is 2.43. The van der Waals surface area contributed by atoms with Crippen molar-refractivity contribution in [3.8, 4) is 0 Å². The summed E-state index contributed by atoms with van der Waals surface area (Å²) in [6.07, 6.45) is 4.02. The molecule has 1 unspecified atom stereocenters. The van der Waals surface area contributed by atoms with Crippen molar-refractivity contribution in [2.75, 3.05) is 13.1 Å². The summed E-state index contributed by atoms with van der Waals surface area (Å²) in [4.78, 5) is 2.43. The summed E-state index contributed by atoms with van der Waals surface area (Å²) in [7, 11) is 0. The van der Waals surface area contributed by atoms with Gasteiger partial charge in [-0.25, -0.2) is 0 Å². The van der Waals surface area contributed by atoms with Crippen molar-refractivity contribution in [2.45, 2.75) is 51.7 Å². The molecule has 2 rings (SSSR count). The standard InChI is InChI=1S/C11H21NO/c1-9(13)10(2,3)12-7-11(8-12)5-4-6-11/h9,13H,4-8H2,1-3H3. The highest BCUT2D eigenvalue weighted by atomic mass is 16.3. The maximum absolute atomic E-state index is 9.63. The van der Waals surface area contributed by atoms with E-state index < -0.39 is 0 Å². The molecule has 0 aromatic carbocycles. The van der Waals surface area contributed by atoms with Gasteiger partial charge >= 0.3 is 0 Å². The third-order valence-electron chi connectivity index (χ3n) is 4.30. The highest BCUT2D eigenvalue weighted by Crippen LogP contribution is 2.50. The lowest BCUT2D eigenvalue weighted by atomic mass is 9.62. The van der Waals surface area contributed by atoms with Crippen LogP contribution in [-0.2, 0) is 0 Å². The van der Waals surface area contributed by atoms with Crippen LogP contribution >= 0.6 is 0 Å². The van der Waals surface area contributed by atoms with Gasteiger partial charge in [0.1, 0.15) is 0 Å². The van der Waals surface area contributed by atoms with E-state index in [2.05, 4.69) is 18.7 Å². The van der Waals surface area contributed by atoms with Crippen LogP contribution in [0.3, 0.4) is 0 Å². The molecule has 1 aliphatic heterocycles. The fraction of sp³-hybridized carbons (Fsp3) is 1.00. The number of rotatable bonds is 2. The number of likely N-dealkylation sites (tertiary alicyclic amines) is 1. The summed E-state index contributed by atoms with van der Waals surface area (Å²) in [5, 5.41) is 9.63. The minimum atomic E-state index is -0.232. The summed E-state index contributed by atoms with van der Waals surface area (Å²) in [6.45, 7) is 8.61. The Hall–Kier alpha value is -0.0800. The molecule has 2 nitrogen and oxygen atoms in total. The molecule has 1 heterocycles. The first-order valence-electron chi connectivity index (χ1n) is 5.39. The Morgan fingerprint density at radius 2 is 1.85 bits per heavy atom. The van der Waals surface area contributed by atoms with Gasteiger partial charge in [0, 0.05) is 18.6 Å². The summed E-state index contributed by atoms with van der Waals surface area (Å²) < 4.78 is 0. The molecule has 2 fully saturated rings. The molecule has 1 N–H and O–H groups in total. The van der Waals surface area contributed by atoms with Crippen LogP contribution in [-0.4, -0.2) is 34.7 Å². The molecule has 0 aromatic rings. The summed E-state index contributed by atoms with van der Waals surface area (Å²) in [5.74, 6) is 0. The smallest absolute Gasteiger partial charge is 0.0690 e. The zero-order valence-electron chi connectivity index (χ0n) is 9.01. The summed E-state index contributed by atoms with van der Waals surface area (Å²) in [6, 6.07) is 0. The molecular formula is C11H21NO. The Balaban J connectivity index is 1.91. The van der Waals surface area contributed by atoms with Gasteiger partial charge in [0.05, 0.1) is 6.10 Å². The number of aliphatic hydroxyl groups excluding tert-OH is 1. The molecule has 0 radical (unpaired) electrons. The second-order valence-corrected chi connectivity index (χ2v) is 5.54. The van der Waals surface area contributed by atoms with Gasteiger partial charge in [-0.05, 0) is 39.0 Å². The van der Waals surface area contributed by atoms with Crippen molar-refractivity contribution >= 4 is 0 Å². The van der Waals surface area contributed by atoms with Gasteiger partial charge in [0.2, 0.25) is 0 Å². The van der Waals surface area contributed by atoms with Crippen molar-refractivity contribution in [3.63, 3.8) is 0 Å². The number of hydrogen-bond acceptors (Lipinski definition) is 2. The Bertz CT molecular complexity index is 198. The quantitative estimate of drug-likeness (QED) is 0.703. The van der Waals surface area contributed by atoms with E-state index in [1.807, 2.05) is 6.92 Å². The van der Waals surface area contributed by atoms with Gasteiger partial charge in [-0.1, -0.05) is 6.42 Å². The predicted molar refractivity (Wildman–Crippen MR) is 53.6 cm³/mol. The molecule has 13 heavy (non-hydrogen) atoms. The molecule has 1 aliphatic carbocycles. The van der Waals surface area contributed by atoms with Crippen LogP contribution in [0.1, 0.15) is 40.0 Å². The van der Waals surface area contributed by atoms with E-state index in [1.165, 1.54) is 32.4 Å². The molecule has 0 aromatic heterocycles. The molecule has 0 amide bonds. The molecule has 2 aliphatic rings. The van der Waals surface area contributed by atoms with Crippen molar-refractivity contribution in [1.29, 1.82) is 0 Å². The predicted octanol–water partition coefficient (Wildman–Crippen LogP) is 1.63. The van der Waals surface area contributed by atoms with Crippen molar-refractivity contribution < 1.29 is 5.11 Å². The van der Waals surface area contributed by atoms with E-state index >= 15 is 0 Å². The lowest BCUT2D eigenvalue weighted by Crippen LogP contribution is -2.68. The van der Waals surface area contributed by atoms with E-state index in [4.69, 9.17) is 0 Å². The van der Waals surface area contributed by atoms with Crippen LogP contribution < -0.4 is 0 Å². The van der Waals surface area contributed by atoms with Gasteiger partial charge in [-0.15, -0.1) is 0 Å². The maximum Gasteiger partial charge on any atom is 0.0690 e. The summed E-state index contributed by atoms with van der Waals surface area (Å²) in [5.41, 5.74) is 0.646. The molecular weight excluding hydrogens is 162 g/mol. The van der Waals surface area contributed by atoms with Gasteiger partial charge in [-0.2, -0.15) is 0 Å². The van der Waals surface area contributed by atoms with Crippen molar-refractivity contribution in [2.24, 2.45) is 5.41 Å². The van der Waals surface area contributed by atoms with Crippen LogP contribution in [0.5, 0.6) is 0 Å². The molecule has 76 valence electrons. The zero-order valence-corrected chi connectivity index (χ0v) is 9.01. The average Bonchev–Trinajstić information content (AvgIpc) is 1.78. The number of aliphatic hydroxyl groups is 1. The monoisotopic (exact) mass is 183 g/mol. The highest BCUT2D eigenvalue weighted by Gasteiger charge is 2.52. The molecule has 0 bridgehead atoms. The normalized spacial score (nSPS) is 29.5. The zero-order chi connectivity index (χ0) is 9.69. The SMILES string of the molecule is CC(O)C(C)(C)N1CC2(CCC2)C1. The lowest BCUT2D eigenvalue weighted by molar-refractivity contribution is -0.137. The third-order valence-corrected chi connectivity index (χ3v) is 4.30. The molecule has 2 heteroatoms. The second-order valence-electron chi connectivity index (χ2n) is 5.54. The lowest BCUT2D eigenvalue weighted by Gasteiger charge is -2.61. The van der Waals surface area contributed by atoms with E-state index in [9.17, 15) is 5.11 Å². The Morgan fingerprint density at radius 1 is 1.31 bits per heavy atom. The Labute approximate surface area is 80.9 Å². The van der Waals surface area contributed by atoms with Crippen LogP contribution in [0.15, 0.2) is 0 Å². The van der Waals surface area contributed by atoms with Crippen LogP contribution in [0.4, 0.5) is 0 Å². The number of hydrogen-bond donors (Lipinski definition) is 1. The highest BCUT2D eigenvalue weighted by molar-refractivity contribution is 5.05. The summed E-state index contributed by atoms with van der Waals surface area (Å²) >= 11 is 0. The van der Waals surface area contributed by atoms with Crippen LogP contribution in [0.25, 0.3) is 0 Å². The first kappa shape index (κ1) is 9.47. The molecule has 1 atom stereocenters. The van der Waals surface area contributed by atoms with Crippen LogP contribution in [0, 0.1) is 5.41 Å². The Kier molecular flexibility index (Phi) is 1.97. The third kappa shape index (κ3) is 1.31. The maximum atomic E-state index is 9.63. The van der Waals surface area contributed by atoms with Crippen LogP contribution in [0.2, 0.25) is 0 Å². The van der Waals surface area contributed by atoms with Gasteiger partial charge in [0.25, 0.3) is 0 Å². The molecule has 1 saturated carbocycles. The van der Waals surface area contributed by atoms with E-state index in [1.54, 1.807) is 0 Å². The first-order chi connectivity index (χ1) is 5.96. The van der Waals surface area contributed by atoms with Gasteiger partial charge in [0.15, 0.2) is 0 Å². The minimum absolute atomic E-state index is 0.0269.